The van der Waals surface area contributed by atoms with E-state index in [1.165, 1.54) is 24.1 Å². The molecule has 0 saturated heterocycles. The van der Waals surface area contributed by atoms with Gasteiger partial charge in [0.1, 0.15) is 5.82 Å². The fourth-order valence-corrected chi connectivity index (χ4v) is 1.34. The van der Waals surface area contributed by atoms with Crippen LogP contribution in [0.2, 0.25) is 0 Å². The zero-order valence-electron chi connectivity index (χ0n) is 8.75. The summed E-state index contributed by atoms with van der Waals surface area (Å²) in [5, 5.41) is 8.53. The Labute approximate surface area is 91.9 Å². The minimum Gasteiger partial charge on any atom is -0.296 e. The largest absolute Gasteiger partial charge is 0.296 e. The first-order valence-electron chi connectivity index (χ1n) is 4.68. The van der Waals surface area contributed by atoms with E-state index in [1.54, 1.807) is 6.07 Å². The van der Waals surface area contributed by atoms with Crippen molar-refractivity contribution in [1.29, 1.82) is 5.26 Å². The van der Waals surface area contributed by atoms with Gasteiger partial charge >= 0.3 is 0 Å². The van der Waals surface area contributed by atoms with Crippen molar-refractivity contribution in [2.75, 3.05) is 13.6 Å². The molecule has 0 unspecified atom stereocenters. The van der Waals surface area contributed by atoms with Crippen LogP contribution in [0.5, 0.6) is 0 Å². The quantitative estimate of drug-likeness (QED) is 0.791. The maximum absolute atomic E-state index is 13.4. The van der Waals surface area contributed by atoms with Crippen molar-refractivity contribution >= 4 is 0 Å². The first-order valence-corrected chi connectivity index (χ1v) is 4.68. The molecule has 0 amide bonds. The van der Waals surface area contributed by atoms with E-state index in [0.717, 1.165) is 6.07 Å². The van der Waals surface area contributed by atoms with Gasteiger partial charge in [0.25, 0.3) is 6.43 Å². The van der Waals surface area contributed by atoms with E-state index >= 15 is 0 Å². The highest BCUT2D eigenvalue weighted by molar-refractivity contribution is 5.32. The van der Waals surface area contributed by atoms with Crippen LogP contribution in [0.25, 0.3) is 0 Å². The topological polar surface area (TPSA) is 27.0 Å². The van der Waals surface area contributed by atoms with E-state index in [4.69, 9.17) is 5.26 Å². The summed E-state index contributed by atoms with van der Waals surface area (Å²) in [5.41, 5.74) is 0.528. The molecule has 86 valence electrons. The van der Waals surface area contributed by atoms with Gasteiger partial charge in [-0.15, -0.1) is 0 Å². The molecule has 0 fully saturated rings. The van der Waals surface area contributed by atoms with E-state index in [-0.39, 0.29) is 12.1 Å². The second-order valence-electron chi connectivity index (χ2n) is 3.51. The molecule has 1 aromatic carbocycles. The Balaban J connectivity index is 2.71. The average Bonchev–Trinajstić information content (AvgIpc) is 2.19. The molecule has 0 bridgehead atoms. The lowest BCUT2D eigenvalue weighted by Crippen LogP contribution is -2.24. The minimum atomic E-state index is -2.44. The molecule has 0 aliphatic heterocycles. The molecule has 0 atom stereocenters. The lowest BCUT2D eigenvalue weighted by molar-refractivity contribution is 0.0971. The summed E-state index contributed by atoms with van der Waals surface area (Å²) in [6.07, 6.45) is -2.44. The third-order valence-electron chi connectivity index (χ3n) is 2.07. The van der Waals surface area contributed by atoms with Crippen molar-refractivity contribution < 1.29 is 13.2 Å². The molecule has 0 spiro atoms. The molecule has 0 saturated carbocycles. The van der Waals surface area contributed by atoms with Gasteiger partial charge in [-0.05, 0) is 19.2 Å². The molecule has 5 heteroatoms. The molecular formula is C11H11F3N2. The summed E-state index contributed by atoms with van der Waals surface area (Å²) < 4.78 is 37.4. The Morgan fingerprint density at radius 2 is 2.12 bits per heavy atom. The molecule has 0 aliphatic carbocycles. The fourth-order valence-electron chi connectivity index (χ4n) is 1.34. The number of alkyl halides is 2. The van der Waals surface area contributed by atoms with E-state index in [1.807, 2.05) is 0 Å². The van der Waals surface area contributed by atoms with E-state index in [2.05, 4.69) is 0 Å². The summed E-state index contributed by atoms with van der Waals surface area (Å²) in [4.78, 5) is 1.33. The van der Waals surface area contributed by atoms with Gasteiger partial charge in [0.2, 0.25) is 0 Å². The van der Waals surface area contributed by atoms with Crippen LogP contribution < -0.4 is 0 Å². The Morgan fingerprint density at radius 1 is 1.44 bits per heavy atom. The van der Waals surface area contributed by atoms with Gasteiger partial charge in [-0.1, -0.05) is 6.07 Å². The van der Waals surface area contributed by atoms with Crippen LogP contribution in [0, 0.1) is 17.1 Å². The lowest BCUT2D eigenvalue weighted by atomic mass is 10.1. The SMILES string of the molecule is CN(Cc1ccc(C#N)cc1F)CC(F)F. The predicted octanol–water partition coefficient (Wildman–Crippen LogP) is 2.39. The lowest BCUT2D eigenvalue weighted by Gasteiger charge is -2.16. The van der Waals surface area contributed by atoms with E-state index in [9.17, 15) is 13.2 Å². The molecule has 0 N–H and O–H groups in total. The van der Waals surface area contributed by atoms with Crippen LogP contribution in [0.4, 0.5) is 13.2 Å². The van der Waals surface area contributed by atoms with Crippen molar-refractivity contribution in [2.45, 2.75) is 13.0 Å². The molecule has 2 nitrogen and oxygen atoms in total. The van der Waals surface area contributed by atoms with Gasteiger partial charge in [0, 0.05) is 12.1 Å². The minimum absolute atomic E-state index is 0.0991. The van der Waals surface area contributed by atoms with Crippen LogP contribution in [0.3, 0.4) is 0 Å². The summed E-state index contributed by atoms with van der Waals surface area (Å²) in [6.45, 7) is -0.304. The number of halogens is 3. The predicted molar refractivity (Wildman–Crippen MR) is 53.5 cm³/mol. The van der Waals surface area contributed by atoms with E-state index < -0.39 is 18.8 Å². The first-order chi connectivity index (χ1) is 7.52. The van der Waals surface area contributed by atoms with Crippen LogP contribution in [0.15, 0.2) is 18.2 Å². The first kappa shape index (κ1) is 12.5. The summed E-state index contributed by atoms with van der Waals surface area (Å²) in [7, 11) is 1.49. The second-order valence-corrected chi connectivity index (χ2v) is 3.51. The number of hydrogen-bond donors (Lipinski definition) is 0. The van der Waals surface area contributed by atoms with Crippen LogP contribution >= 0.6 is 0 Å². The van der Waals surface area contributed by atoms with Gasteiger partial charge in [-0.2, -0.15) is 5.26 Å². The van der Waals surface area contributed by atoms with Crippen molar-refractivity contribution in [2.24, 2.45) is 0 Å². The van der Waals surface area contributed by atoms with E-state index in [0.29, 0.717) is 5.56 Å². The van der Waals surface area contributed by atoms with Gasteiger partial charge in [-0.3, -0.25) is 4.90 Å². The van der Waals surface area contributed by atoms with Gasteiger partial charge in [-0.25, -0.2) is 13.2 Å². The zero-order chi connectivity index (χ0) is 12.1. The summed E-state index contributed by atoms with van der Waals surface area (Å²) >= 11 is 0. The molecule has 16 heavy (non-hydrogen) atoms. The molecule has 0 heterocycles. The zero-order valence-corrected chi connectivity index (χ0v) is 8.75. The number of nitriles is 1. The molecular weight excluding hydrogens is 217 g/mol. The van der Waals surface area contributed by atoms with Crippen molar-refractivity contribution in [3.63, 3.8) is 0 Å². The Bertz CT molecular complexity index is 399. The standard InChI is InChI=1S/C11H11F3N2/c1-16(7-11(13)14)6-9-3-2-8(5-15)4-10(9)12/h2-4,11H,6-7H2,1H3. The fraction of sp³-hybridized carbons (Fsp3) is 0.364. The number of hydrogen-bond acceptors (Lipinski definition) is 2. The maximum atomic E-state index is 13.4. The molecule has 1 aromatic rings. The van der Waals surface area contributed by atoms with Crippen LogP contribution in [-0.2, 0) is 6.54 Å². The highest BCUT2D eigenvalue weighted by Crippen LogP contribution is 2.12. The Hall–Kier alpha value is -1.54. The molecule has 1 rings (SSSR count). The Morgan fingerprint density at radius 3 is 2.62 bits per heavy atom. The van der Waals surface area contributed by atoms with Gasteiger partial charge in [0.15, 0.2) is 0 Å². The van der Waals surface area contributed by atoms with Crippen molar-refractivity contribution in [3.8, 4) is 6.07 Å². The smallest absolute Gasteiger partial charge is 0.251 e. The number of rotatable bonds is 4. The second kappa shape index (κ2) is 5.52. The molecule has 0 aliphatic rings. The third-order valence-corrected chi connectivity index (χ3v) is 2.07. The number of nitrogens with zero attached hydrogens (tertiary/aromatic N) is 2. The van der Waals surface area contributed by atoms with Crippen LogP contribution in [0.1, 0.15) is 11.1 Å². The summed E-state index contributed by atoms with van der Waals surface area (Å²) in [5.74, 6) is -0.542. The highest BCUT2D eigenvalue weighted by Gasteiger charge is 2.10. The van der Waals surface area contributed by atoms with Crippen molar-refractivity contribution in [1.82, 2.24) is 4.90 Å². The third kappa shape index (κ3) is 3.55. The maximum Gasteiger partial charge on any atom is 0.251 e. The molecule has 0 aromatic heterocycles. The van der Waals surface area contributed by atoms with Crippen LogP contribution in [-0.4, -0.2) is 24.9 Å². The highest BCUT2D eigenvalue weighted by atomic mass is 19.3. The average molecular weight is 228 g/mol. The normalized spacial score (nSPS) is 10.8. The van der Waals surface area contributed by atoms with Crippen molar-refractivity contribution in [3.05, 3.63) is 35.1 Å². The monoisotopic (exact) mass is 228 g/mol. The number of benzene rings is 1. The molecule has 0 radical (unpaired) electrons. The Kier molecular flexibility index (Phi) is 4.32. The van der Waals surface area contributed by atoms with Gasteiger partial charge < -0.3 is 0 Å². The van der Waals surface area contributed by atoms with Gasteiger partial charge in [0.05, 0.1) is 18.2 Å². The summed E-state index contributed by atoms with van der Waals surface area (Å²) in [6, 6.07) is 5.82.